The van der Waals surface area contributed by atoms with Gasteiger partial charge in [-0.3, -0.25) is 4.79 Å². The fourth-order valence-electron chi connectivity index (χ4n) is 3.76. The Morgan fingerprint density at radius 3 is 2.50 bits per heavy atom. The van der Waals surface area contributed by atoms with Gasteiger partial charge in [-0.05, 0) is 49.1 Å². The molecule has 0 spiro atoms. The van der Waals surface area contributed by atoms with Crippen LogP contribution in [-0.2, 0) is 0 Å². The summed E-state index contributed by atoms with van der Waals surface area (Å²) in [6, 6.07) is 8.24. The van der Waals surface area contributed by atoms with Crippen molar-refractivity contribution in [2.75, 3.05) is 0 Å². The molecule has 1 saturated carbocycles. The Morgan fingerprint density at radius 2 is 1.92 bits per heavy atom. The third-order valence-corrected chi connectivity index (χ3v) is 6.39. The molecule has 1 amide bonds. The summed E-state index contributed by atoms with van der Waals surface area (Å²) in [7, 11) is 0. The summed E-state index contributed by atoms with van der Waals surface area (Å²) >= 11 is 1.49. The van der Waals surface area contributed by atoms with Crippen LogP contribution in [0.5, 0.6) is 0 Å². The predicted octanol–water partition coefficient (Wildman–Crippen LogP) is 5.41. The van der Waals surface area contributed by atoms with E-state index in [1.165, 1.54) is 49.9 Å². The monoisotopic (exact) mass is 344 g/mol. The zero-order valence-corrected chi connectivity index (χ0v) is 15.8. The molecule has 0 bridgehead atoms. The molecule has 1 aromatic heterocycles. The number of nitrogens with one attached hydrogen (secondary N) is 1. The highest BCUT2D eigenvalue weighted by Crippen LogP contribution is 2.51. The average molecular weight is 345 g/mol. The van der Waals surface area contributed by atoms with Gasteiger partial charge in [-0.25, -0.2) is 4.98 Å². The van der Waals surface area contributed by atoms with E-state index >= 15 is 0 Å². The van der Waals surface area contributed by atoms with Crippen molar-refractivity contribution >= 4 is 27.5 Å². The molecule has 0 saturated heterocycles. The van der Waals surface area contributed by atoms with Gasteiger partial charge >= 0.3 is 0 Å². The molecule has 4 heteroatoms. The Morgan fingerprint density at radius 1 is 1.25 bits per heavy atom. The van der Waals surface area contributed by atoms with Crippen molar-refractivity contribution in [3.05, 3.63) is 29.3 Å². The van der Waals surface area contributed by atoms with Gasteiger partial charge in [-0.1, -0.05) is 45.7 Å². The van der Waals surface area contributed by atoms with Crippen molar-refractivity contribution in [3.63, 3.8) is 0 Å². The van der Waals surface area contributed by atoms with Crippen LogP contribution in [0.1, 0.15) is 69.1 Å². The summed E-state index contributed by atoms with van der Waals surface area (Å²) in [5.41, 5.74) is 1.20. The molecule has 0 radical (unpaired) electrons. The summed E-state index contributed by atoms with van der Waals surface area (Å²) in [4.78, 5) is 17.4. The number of benzene rings is 1. The van der Waals surface area contributed by atoms with E-state index < -0.39 is 0 Å². The molecule has 1 fully saturated rings. The van der Waals surface area contributed by atoms with Crippen LogP contribution in [0.15, 0.2) is 24.3 Å². The average Bonchev–Trinajstić information content (AvgIpc) is 3.16. The zero-order valence-electron chi connectivity index (χ0n) is 15.0. The van der Waals surface area contributed by atoms with Crippen molar-refractivity contribution in [1.29, 1.82) is 0 Å². The molecule has 1 aromatic carbocycles. The maximum atomic E-state index is 12.8. The molecule has 1 N–H and O–H groups in total. The minimum Gasteiger partial charge on any atom is -0.346 e. The van der Waals surface area contributed by atoms with Gasteiger partial charge in [0.2, 0.25) is 0 Å². The fraction of sp³-hybridized carbons (Fsp3) is 0.600. The summed E-state index contributed by atoms with van der Waals surface area (Å²) in [5.74, 6) is 0.581. The lowest BCUT2D eigenvalue weighted by atomic mass is 9.81. The molecule has 130 valence electrons. The smallest absolute Gasteiger partial charge is 0.280 e. The number of aromatic nitrogens is 1. The largest absolute Gasteiger partial charge is 0.346 e. The van der Waals surface area contributed by atoms with E-state index in [0.717, 1.165) is 10.2 Å². The lowest BCUT2D eigenvalue weighted by molar-refractivity contribution is 0.0884. The van der Waals surface area contributed by atoms with E-state index in [4.69, 9.17) is 0 Å². The maximum Gasteiger partial charge on any atom is 0.280 e. The first kappa shape index (κ1) is 17.4. The van der Waals surface area contributed by atoms with E-state index in [1.807, 2.05) is 24.3 Å². The first-order valence-corrected chi connectivity index (χ1v) is 10.1. The molecule has 1 heterocycles. The number of nitrogens with zero attached hydrogens (tertiary/aromatic N) is 1. The lowest BCUT2D eigenvalue weighted by Gasteiger charge is -2.32. The summed E-state index contributed by atoms with van der Waals surface area (Å²) in [6.07, 6.45) is 7.17. The Kier molecular flexibility index (Phi) is 5.24. The molecular formula is C20H28N2OS. The van der Waals surface area contributed by atoms with Crippen LogP contribution in [0.4, 0.5) is 0 Å². The van der Waals surface area contributed by atoms with E-state index in [2.05, 4.69) is 31.1 Å². The van der Waals surface area contributed by atoms with Crippen LogP contribution in [0, 0.1) is 11.3 Å². The number of hydrogen-bond donors (Lipinski definition) is 1. The lowest BCUT2D eigenvalue weighted by Crippen LogP contribution is -2.45. The van der Waals surface area contributed by atoms with Gasteiger partial charge in [-0.2, -0.15) is 0 Å². The third kappa shape index (κ3) is 3.64. The van der Waals surface area contributed by atoms with E-state index in [0.29, 0.717) is 10.9 Å². The van der Waals surface area contributed by atoms with Crippen molar-refractivity contribution < 1.29 is 4.79 Å². The molecule has 2 aromatic rings. The van der Waals surface area contributed by atoms with Gasteiger partial charge in [0, 0.05) is 6.04 Å². The van der Waals surface area contributed by atoms with Crippen LogP contribution >= 0.6 is 11.3 Å². The fourth-order valence-corrected chi connectivity index (χ4v) is 4.63. The Balaban J connectivity index is 1.79. The van der Waals surface area contributed by atoms with E-state index in [-0.39, 0.29) is 17.4 Å². The van der Waals surface area contributed by atoms with Crippen LogP contribution < -0.4 is 5.32 Å². The van der Waals surface area contributed by atoms with Crippen molar-refractivity contribution in [3.8, 4) is 0 Å². The van der Waals surface area contributed by atoms with E-state index in [9.17, 15) is 4.79 Å². The Hall–Kier alpha value is -1.42. The zero-order chi connectivity index (χ0) is 17.2. The molecule has 3 nitrogen and oxygen atoms in total. The highest BCUT2D eigenvalue weighted by Gasteiger charge is 2.48. The van der Waals surface area contributed by atoms with Crippen molar-refractivity contribution in [2.45, 2.75) is 65.3 Å². The molecule has 1 atom stereocenters. The van der Waals surface area contributed by atoms with Gasteiger partial charge < -0.3 is 5.32 Å². The molecular weight excluding hydrogens is 316 g/mol. The van der Waals surface area contributed by atoms with Gasteiger partial charge in [-0.15, -0.1) is 11.3 Å². The van der Waals surface area contributed by atoms with Gasteiger partial charge in [0.25, 0.3) is 5.91 Å². The molecule has 1 unspecified atom stereocenters. The van der Waals surface area contributed by atoms with Crippen molar-refractivity contribution in [2.24, 2.45) is 11.3 Å². The SMILES string of the molecule is CCCC(CCC)C(NC(=O)c1nc2ccccc2s1)C1(C)CC1. The third-order valence-electron chi connectivity index (χ3n) is 5.35. The Labute approximate surface area is 148 Å². The first-order valence-electron chi connectivity index (χ1n) is 9.24. The summed E-state index contributed by atoms with van der Waals surface area (Å²) in [5, 5.41) is 3.97. The summed E-state index contributed by atoms with van der Waals surface area (Å²) in [6.45, 7) is 6.81. The van der Waals surface area contributed by atoms with Gasteiger partial charge in [0.15, 0.2) is 5.01 Å². The Bertz CT molecular complexity index is 665. The molecule has 3 rings (SSSR count). The second-order valence-electron chi connectivity index (χ2n) is 7.43. The van der Waals surface area contributed by atoms with Gasteiger partial charge in [0.05, 0.1) is 10.2 Å². The van der Waals surface area contributed by atoms with Crippen LogP contribution in [0.25, 0.3) is 10.2 Å². The first-order chi connectivity index (χ1) is 11.6. The standard InChI is InChI=1S/C20H28N2OS/c1-4-8-14(9-5-2)17(20(3)12-13-20)22-18(23)19-21-15-10-6-7-11-16(15)24-19/h6-7,10-11,14,17H,4-5,8-9,12-13H2,1-3H3,(H,22,23). The topological polar surface area (TPSA) is 42.0 Å². The van der Waals surface area contributed by atoms with Crippen LogP contribution in [-0.4, -0.2) is 16.9 Å². The number of hydrogen-bond acceptors (Lipinski definition) is 3. The summed E-state index contributed by atoms with van der Waals surface area (Å²) < 4.78 is 1.08. The van der Waals surface area contributed by atoms with Crippen LogP contribution in [0.2, 0.25) is 0 Å². The quantitative estimate of drug-likeness (QED) is 0.695. The second kappa shape index (κ2) is 7.22. The highest BCUT2D eigenvalue weighted by atomic mass is 32.1. The minimum atomic E-state index is 0.00605. The number of carbonyl (C=O) groups is 1. The number of carbonyl (C=O) groups excluding carboxylic acids is 1. The second-order valence-corrected chi connectivity index (χ2v) is 8.46. The molecule has 1 aliphatic rings. The maximum absolute atomic E-state index is 12.8. The molecule has 1 aliphatic carbocycles. The number of amides is 1. The minimum absolute atomic E-state index is 0.00605. The normalized spacial score (nSPS) is 17.2. The van der Waals surface area contributed by atoms with Gasteiger partial charge in [0.1, 0.15) is 0 Å². The number of rotatable bonds is 8. The van der Waals surface area contributed by atoms with Crippen LogP contribution in [0.3, 0.4) is 0 Å². The number of thiazole rings is 1. The number of para-hydroxylation sites is 1. The van der Waals surface area contributed by atoms with Crippen molar-refractivity contribution in [1.82, 2.24) is 10.3 Å². The predicted molar refractivity (Wildman–Crippen MR) is 102 cm³/mol. The highest BCUT2D eigenvalue weighted by molar-refractivity contribution is 7.20. The van der Waals surface area contributed by atoms with E-state index in [1.54, 1.807) is 0 Å². The number of fused-ring (bicyclic) bond motifs is 1. The molecule has 0 aliphatic heterocycles. The molecule has 24 heavy (non-hydrogen) atoms.